The summed E-state index contributed by atoms with van der Waals surface area (Å²) < 4.78 is 0.826. The number of pyridine rings is 1. The Morgan fingerprint density at radius 2 is 2.06 bits per heavy atom. The van der Waals surface area contributed by atoms with Gasteiger partial charge in [-0.05, 0) is 30.7 Å². The van der Waals surface area contributed by atoms with E-state index in [0.29, 0.717) is 5.82 Å². The third kappa shape index (κ3) is 3.59. The van der Waals surface area contributed by atoms with E-state index in [9.17, 15) is 0 Å². The summed E-state index contributed by atoms with van der Waals surface area (Å²) in [6, 6.07) is 9.57. The number of hydrogen-bond acceptors (Lipinski definition) is 5. The van der Waals surface area contributed by atoms with E-state index in [1.54, 1.807) is 11.3 Å². The van der Waals surface area contributed by atoms with Gasteiger partial charge in [-0.1, -0.05) is 17.7 Å². The molecule has 2 heterocycles. The molecule has 2 rings (SSSR count). The molecule has 0 saturated heterocycles. The van der Waals surface area contributed by atoms with Crippen molar-refractivity contribution in [3.8, 4) is 0 Å². The van der Waals surface area contributed by atoms with Gasteiger partial charge < -0.3 is 10.7 Å². The van der Waals surface area contributed by atoms with Gasteiger partial charge in [0.25, 0.3) is 0 Å². The van der Waals surface area contributed by atoms with Crippen molar-refractivity contribution in [3.63, 3.8) is 0 Å². The highest BCUT2D eigenvalue weighted by molar-refractivity contribution is 7.16. The first-order chi connectivity index (χ1) is 8.28. The first-order valence-electron chi connectivity index (χ1n) is 5.19. The van der Waals surface area contributed by atoms with Crippen LogP contribution in [0.25, 0.3) is 0 Å². The highest BCUT2D eigenvalue weighted by Gasteiger charge is 1.99. The molecule has 0 saturated carbocycles. The Morgan fingerprint density at radius 3 is 2.76 bits per heavy atom. The van der Waals surface area contributed by atoms with Crippen LogP contribution < -0.4 is 16.6 Å². The van der Waals surface area contributed by atoms with Gasteiger partial charge in [0.15, 0.2) is 0 Å². The summed E-state index contributed by atoms with van der Waals surface area (Å²) in [5.41, 5.74) is 2.51. The molecule has 0 aliphatic heterocycles. The van der Waals surface area contributed by atoms with E-state index in [-0.39, 0.29) is 0 Å². The number of aromatic nitrogens is 1. The topological polar surface area (TPSA) is 63.0 Å². The first kappa shape index (κ1) is 12.2. The Morgan fingerprint density at radius 1 is 1.24 bits per heavy atom. The van der Waals surface area contributed by atoms with E-state index in [1.165, 1.54) is 4.88 Å². The molecule has 0 atom stereocenters. The number of rotatable bonds is 5. The molecule has 0 aliphatic carbocycles. The summed E-state index contributed by atoms with van der Waals surface area (Å²) in [6.45, 7) is 0.817. The Hall–Kier alpha value is -1.30. The molecule has 0 spiro atoms. The van der Waals surface area contributed by atoms with E-state index in [4.69, 9.17) is 17.4 Å². The number of thiophene rings is 1. The Balaban J connectivity index is 1.85. The van der Waals surface area contributed by atoms with Gasteiger partial charge in [0, 0.05) is 11.4 Å². The zero-order valence-electron chi connectivity index (χ0n) is 9.11. The van der Waals surface area contributed by atoms with Crippen LogP contribution in [0.2, 0.25) is 4.34 Å². The number of nitrogens with one attached hydrogen (secondary N) is 2. The standard InChI is InChI=1S/C11H13ClN4S/c12-9-5-4-8(17-9)6-7-14-10-2-1-3-11(15-10)16-13/h1-5H,6-7,13H2,(H2,14,15,16). The molecule has 90 valence electrons. The van der Waals surface area contributed by atoms with Crippen LogP contribution in [-0.4, -0.2) is 11.5 Å². The fourth-order valence-electron chi connectivity index (χ4n) is 1.41. The lowest BCUT2D eigenvalue weighted by atomic mass is 10.3. The minimum atomic E-state index is 0.647. The molecule has 0 unspecified atom stereocenters. The molecule has 2 aromatic heterocycles. The molecule has 0 radical (unpaired) electrons. The second-order valence-corrected chi connectivity index (χ2v) is 5.23. The lowest BCUT2D eigenvalue weighted by Gasteiger charge is -2.06. The number of hydrogen-bond donors (Lipinski definition) is 3. The summed E-state index contributed by atoms with van der Waals surface area (Å²) in [5.74, 6) is 6.74. The van der Waals surface area contributed by atoms with Crippen LogP contribution in [0.1, 0.15) is 4.88 Å². The maximum absolute atomic E-state index is 5.86. The molecule has 0 amide bonds. The van der Waals surface area contributed by atoms with Crippen molar-refractivity contribution >= 4 is 34.6 Å². The minimum Gasteiger partial charge on any atom is -0.370 e. The third-order valence-electron chi connectivity index (χ3n) is 2.20. The summed E-state index contributed by atoms with van der Waals surface area (Å²) in [7, 11) is 0. The van der Waals surface area contributed by atoms with Crippen LogP contribution in [0.15, 0.2) is 30.3 Å². The molecule has 0 fully saturated rings. The Kier molecular flexibility index (Phi) is 4.19. The monoisotopic (exact) mass is 268 g/mol. The molecule has 0 aromatic carbocycles. The van der Waals surface area contributed by atoms with Gasteiger partial charge in [-0.15, -0.1) is 11.3 Å². The quantitative estimate of drug-likeness (QED) is 0.576. The van der Waals surface area contributed by atoms with E-state index in [2.05, 4.69) is 15.7 Å². The lowest BCUT2D eigenvalue weighted by molar-refractivity contribution is 1.03. The predicted molar refractivity (Wildman–Crippen MR) is 73.6 cm³/mol. The normalized spacial score (nSPS) is 10.2. The molecule has 0 bridgehead atoms. The summed E-state index contributed by atoms with van der Waals surface area (Å²) >= 11 is 7.46. The average Bonchev–Trinajstić information content (AvgIpc) is 2.75. The second-order valence-electron chi connectivity index (χ2n) is 3.44. The van der Waals surface area contributed by atoms with Crippen LogP contribution in [0, 0.1) is 0 Å². The summed E-state index contributed by atoms with van der Waals surface area (Å²) in [5, 5.41) is 3.23. The van der Waals surface area contributed by atoms with Crippen molar-refractivity contribution in [1.82, 2.24) is 4.98 Å². The van der Waals surface area contributed by atoms with E-state index < -0.39 is 0 Å². The SMILES string of the molecule is NNc1cccc(NCCc2ccc(Cl)s2)n1. The van der Waals surface area contributed by atoms with Crippen molar-refractivity contribution in [3.05, 3.63) is 39.5 Å². The molecule has 0 aliphatic rings. The Bertz CT molecular complexity index is 486. The molecular weight excluding hydrogens is 256 g/mol. The van der Waals surface area contributed by atoms with E-state index in [0.717, 1.165) is 23.1 Å². The number of nitrogens with two attached hydrogens (primary N) is 1. The van der Waals surface area contributed by atoms with Crippen LogP contribution in [0.4, 0.5) is 11.6 Å². The Labute approximate surface area is 109 Å². The fourth-order valence-corrected chi connectivity index (χ4v) is 2.50. The van der Waals surface area contributed by atoms with Gasteiger partial charge in [-0.25, -0.2) is 10.8 Å². The average molecular weight is 269 g/mol. The lowest BCUT2D eigenvalue weighted by Crippen LogP contribution is -2.10. The van der Waals surface area contributed by atoms with Gasteiger partial charge in [-0.3, -0.25) is 0 Å². The van der Waals surface area contributed by atoms with Crippen LogP contribution in [0.5, 0.6) is 0 Å². The molecule has 4 nitrogen and oxygen atoms in total. The number of halogens is 1. The van der Waals surface area contributed by atoms with Gasteiger partial charge in [0.05, 0.1) is 4.34 Å². The number of anilines is 2. The molecule has 6 heteroatoms. The fraction of sp³-hybridized carbons (Fsp3) is 0.182. The highest BCUT2D eigenvalue weighted by atomic mass is 35.5. The van der Waals surface area contributed by atoms with Gasteiger partial charge >= 0.3 is 0 Å². The van der Waals surface area contributed by atoms with Crippen LogP contribution >= 0.6 is 22.9 Å². The van der Waals surface area contributed by atoms with Crippen molar-refractivity contribution in [2.75, 3.05) is 17.3 Å². The zero-order valence-corrected chi connectivity index (χ0v) is 10.7. The third-order valence-corrected chi connectivity index (χ3v) is 3.49. The smallest absolute Gasteiger partial charge is 0.142 e. The van der Waals surface area contributed by atoms with Gasteiger partial charge in [-0.2, -0.15) is 0 Å². The largest absolute Gasteiger partial charge is 0.370 e. The number of nitrogen functional groups attached to an aromatic ring is 1. The van der Waals surface area contributed by atoms with E-state index in [1.807, 2.05) is 30.3 Å². The maximum atomic E-state index is 5.86. The van der Waals surface area contributed by atoms with Crippen molar-refractivity contribution in [2.45, 2.75) is 6.42 Å². The van der Waals surface area contributed by atoms with E-state index >= 15 is 0 Å². The molecule has 2 aromatic rings. The van der Waals surface area contributed by atoms with Crippen LogP contribution in [0.3, 0.4) is 0 Å². The number of nitrogens with zero attached hydrogens (tertiary/aromatic N) is 1. The molecular formula is C11H13ClN4S. The molecule has 4 N–H and O–H groups in total. The first-order valence-corrected chi connectivity index (χ1v) is 6.39. The minimum absolute atomic E-state index is 0.647. The van der Waals surface area contributed by atoms with Crippen molar-refractivity contribution in [2.24, 2.45) is 5.84 Å². The highest BCUT2D eigenvalue weighted by Crippen LogP contribution is 2.21. The number of hydrazine groups is 1. The predicted octanol–water partition coefficient (Wildman–Crippen LogP) is 2.74. The second kappa shape index (κ2) is 5.86. The van der Waals surface area contributed by atoms with Crippen molar-refractivity contribution in [1.29, 1.82) is 0 Å². The summed E-state index contributed by atoms with van der Waals surface area (Å²) in [6.07, 6.45) is 0.930. The van der Waals surface area contributed by atoms with Gasteiger partial charge in [0.1, 0.15) is 11.6 Å². The summed E-state index contributed by atoms with van der Waals surface area (Å²) in [4.78, 5) is 5.52. The van der Waals surface area contributed by atoms with Crippen LogP contribution in [-0.2, 0) is 6.42 Å². The maximum Gasteiger partial charge on any atom is 0.142 e. The van der Waals surface area contributed by atoms with Gasteiger partial charge in [0.2, 0.25) is 0 Å². The van der Waals surface area contributed by atoms with Crippen molar-refractivity contribution < 1.29 is 0 Å². The zero-order chi connectivity index (χ0) is 12.1. The molecule has 17 heavy (non-hydrogen) atoms.